The summed E-state index contributed by atoms with van der Waals surface area (Å²) < 4.78 is 58.5. The highest BCUT2D eigenvalue weighted by atomic mass is 32.2. The van der Waals surface area contributed by atoms with Crippen LogP contribution < -0.4 is 5.32 Å². The summed E-state index contributed by atoms with van der Waals surface area (Å²) in [6.45, 7) is 1.14. The molecule has 0 spiro atoms. The van der Waals surface area contributed by atoms with Crippen molar-refractivity contribution in [2.75, 3.05) is 5.32 Å². The molecular formula is C20H17F2N5O6S. The zero-order valence-corrected chi connectivity index (χ0v) is 18.3. The van der Waals surface area contributed by atoms with Crippen molar-refractivity contribution in [3.8, 4) is 0 Å². The largest absolute Gasteiger partial charge is 0.304 e. The van der Waals surface area contributed by atoms with Crippen molar-refractivity contribution in [2.24, 2.45) is 0 Å². The third kappa shape index (κ3) is 4.63. The minimum absolute atomic E-state index is 0.153. The van der Waals surface area contributed by atoms with Crippen LogP contribution in [0.4, 0.5) is 20.4 Å². The molecule has 1 aliphatic heterocycles. The molecule has 1 aromatic heterocycles. The summed E-state index contributed by atoms with van der Waals surface area (Å²) >= 11 is 0. The van der Waals surface area contributed by atoms with Crippen LogP contribution in [-0.2, 0) is 25.5 Å². The molecule has 3 aromatic rings. The number of hydrogen-bond donors (Lipinski definition) is 1. The number of halogens is 2. The molecule has 14 heteroatoms. The maximum absolute atomic E-state index is 13.6. The van der Waals surface area contributed by atoms with Crippen molar-refractivity contribution in [3.63, 3.8) is 0 Å². The summed E-state index contributed by atoms with van der Waals surface area (Å²) in [5.41, 5.74) is -0.339. The first-order chi connectivity index (χ1) is 16.0. The van der Waals surface area contributed by atoms with E-state index in [1.54, 1.807) is 0 Å². The van der Waals surface area contributed by atoms with Gasteiger partial charge in [-0.15, -0.1) is 5.10 Å². The number of para-hydroxylation sites is 1. The van der Waals surface area contributed by atoms with E-state index in [0.29, 0.717) is 24.2 Å². The first-order valence-electron chi connectivity index (χ1n) is 9.94. The zero-order valence-electron chi connectivity index (χ0n) is 17.5. The maximum atomic E-state index is 13.6. The molecule has 0 fully saturated rings. The maximum Gasteiger partial charge on any atom is 0.304 e. The van der Waals surface area contributed by atoms with Gasteiger partial charge in [-0.2, -0.15) is 13.4 Å². The van der Waals surface area contributed by atoms with E-state index in [2.05, 4.69) is 15.4 Å². The first kappa shape index (κ1) is 23.4. The van der Waals surface area contributed by atoms with Crippen LogP contribution in [-0.4, -0.2) is 40.1 Å². The molecule has 2 aromatic carbocycles. The number of nitro groups is 1. The highest BCUT2D eigenvalue weighted by Gasteiger charge is 2.32. The topological polar surface area (TPSA) is 146 Å². The number of anilines is 1. The lowest BCUT2D eigenvalue weighted by Gasteiger charge is -2.13. The van der Waals surface area contributed by atoms with E-state index in [4.69, 9.17) is 4.18 Å². The molecule has 34 heavy (non-hydrogen) atoms. The standard InChI is InChI=1S/C20H17F2N5O6S/c1-11(33-34(31,32)17-5-3-2-4-16(17)27(29)30)19(28)24-20-23-18-7-6-15(26(18)25-20)12-8-13(21)10-14(22)9-12/h2-5,8-11,15H,6-7H2,1H3,(H,24,25,28)/t11-,15?/m1/s1. The number of carbonyl (C=O) groups excluding carboxylic acids is 1. The average molecular weight is 493 g/mol. The number of nitro benzene ring substituents is 1. The molecule has 4 rings (SSSR count). The fraction of sp³-hybridized carbons (Fsp3) is 0.250. The van der Waals surface area contributed by atoms with E-state index in [1.807, 2.05) is 0 Å². The van der Waals surface area contributed by atoms with Gasteiger partial charge >= 0.3 is 10.1 Å². The van der Waals surface area contributed by atoms with Gasteiger partial charge in [0.25, 0.3) is 11.6 Å². The molecule has 11 nitrogen and oxygen atoms in total. The van der Waals surface area contributed by atoms with Gasteiger partial charge in [-0.25, -0.2) is 13.5 Å². The summed E-state index contributed by atoms with van der Waals surface area (Å²) in [4.78, 5) is 26.2. The van der Waals surface area contributed by atoms with E-state index in [1.165, 1.54) is 28.9 Å². The molecule has 1 amide bonds. The van der Waals surface area contributed by atoms with Gasteiger partial charge in [-0.3, -0.25) is 24.4 Å². The van der Waals surface area contributed by atoms with Gasteiger partial charge in [0, 0.05) is 18.6 Å². The van der Waals surface area contributed by atoms with Gasteiger partial charge in [0.05, 0.1) is 11.0 Å². The SMILES string of the molecule is C[C@@H](OS(=O)(=O)c1ccccc1[N+](=O)[O-])C(=O)Nc1nc2n(n1)C(c1cc(F)cc(F)c1)CC2. The Kier molecular flexibility index (Phi) is 6.10. The lowest BCUT2D eigenvalue weighted by molar-refractivity contribution is -0.387. The van der Waals surface area contributed by atoms with Gasteiger partial charge in [0.2, 0.25) is 5.95 Å². The Labute approximate surface area is 191 Å². The predicted octanol–water partition coefficient (Wildman–Crippen LogP) is 2.73. The lowest BCUT2D eigenvalue weighted by atomic mass is 10.0. The second kappa shape index (κ2) is 8.87. The molecule has 2 heterocycles. The predicted molar refractivity (Wildman–Crippen MR) is 112 cm³/mol. The normalized spacial score (nSPS) is 16.1. The lowest BCUT2D eigenvalue weighted by Crippen LogP contribution is -2.30. The highest BCUT2D eigenvalue weighted by Crippen LogP contribution is 2.32. The van der Waals surface area contributed by atoms with Crippen LogP contribution in [0.15, 0.2) is 47.4 Å². The van der Waals surface area contributed by atoms with Crippen LogP contribution in [0.1, 0.15) is 30.8 Å². The second-order valence-corrected chi connectivity index (χ2v) is 9.00. The van der Waals surface area contributed by atoms with E-state index >= 15 is 0 Å². The summed E-state index contributed by atoms with van der Waals surface area (Å²) in [7, 11) is -4.64. The monoisotopic (exact) mass is 493 g/mol. The number of amides is 1. The van der Waals surface area contributed by atoms with Crippen molar-refractivity contribution >= 4 is 27.7 Å². The van der Waals surface area contributed by atoms with Gasteiger partial charge in [-0.05, 0) is 37.1 Å². The van der Waals surface area contributed by atoms with Gasteiger partial charge in [0.15, 0.2) is 11.0 Å². The molecule has 0 bridgehead atoms. The van der Waals surface area contributed by atoms with E-state index in [-0.39, 0.29) is 5.95 Å². The average Bonchev–Trinajstić information content (AvgIpc) is 3.32. The third-order valence-electron chi connectivity index (χ3n) is 5.11. The van der Waals surface area contributed by atoms with Crippen LogP contribution in [0.2, 0.25) is 0 Å². The van der Waals surface area contributed by atoms with Crippen molar-refractivity contribution in [1.29, 1.82) is 0 Å². The van der Waals surface area contributed by atoms with E-state index in [0.717, 1.165) is 25.1 Å². The van der Waals surface area contributed by atoms with Crippen LogP contribution in [0.3, 0.4) is 0 Å². The number of hydrogen-bond acceptors (Lipinski definition) is 8. The molecule has 1 N–H and O–H groups in total. The summed E-state index contributed by atoms with van der Waals surface area (Å²) in [5.74, 6) is -2.07. The molecule has 0 aliphatic carbocycles. The third-order valence-corrected chi connectivity index (χ3v) is 6.54. The Morgan fingerprint density at radius 3 is 2.62 bits per heavy atom. The number of rotatable bonds is 7. The number of carbonyl (C=O) groups is 1. The molecule has 1 unspecified atom stereocenters. The molecule has 0 radical (unpaired) electrons. The Bertz CT molecular complexity index is 1370. The van der Waals surface area contributed by atoms with Crippen LogP contribution >= 0.6 is 0 Å². The van der Waals surface area contributed by atoms with Gasteiger partial charge in [0.1, 0.15) is 17.5 Å². The second-order valence-electron chi connectivity index (χ2n) is 7.46. The first-order valence-corrected chi connectivity index (χ1v) is 11.3. The smallest absolute Gasteiger partial charge is 0.291 e. The number of aryl methyl sites for hydroxylation is 1. The Morgan fingerprint density at radius 2 is 1.94 bits per heavy atom. The molecule has 0 saturated heterocycles. The van der Waals surface area contributed by atoms with Crippen molar-refractivity contribution in [3.05, 3.63) is 75.6 Å². The minimum Gasteiger partial charge on any atom is -0.291 e. The van der Waals surface area contributed by atoms with Crippen molar-refractivity contribution in [1.82, 2.24) is 14.8 Å². The Morgan fingerprint density at radius 1 is 1.26 bits per heavy atom. The number of benzene rings is 2. The molecule has 178 valence electrons. The minimum atomic E-state index is -4.64. The number of nitrogens with zero attached hydrogens (tertiary/aromatic N) is 4. The fourth-order valence-corrected chi connectivity index (χ4v) is 4.82. The fourth-order valence-electron chi connectivity index (χ4n) is 3.61. The molecule has 1 aliphatic rings. The van der Waals surface area contributed by atoms with Crippen molar-refractivity contribution in [2.45, 2.75) is 36.8 Å². The molecular weight excluding hydrogens is 476 g/mol. The Hall–Kier alpha value is -3.78. The van der Waals surface area contributed by atoms with Crippen LogP contribution in [0.5, 0.6) is 0 Å². The summed E-state index contributed by atoms with van der Waals surface area (Å²) in [6.07, 6.45) is -0.639. The van der Waals surface area contributed by atoms with E-state index < -0.39 is 55.3 Å². The van der Waals surface area contributed by atoms with Gasteiger partial charge < -0.3 is 0 Å². The molecule has 2 atom stereocenters. The highest BCUT2D eigenvalue weighted by molar-refractivity contribution is 7.87. The summed E-state index contributed by atoms with van der Waals surface area (Å²) in [5, 5.41) is 17.6. The number of aromatic nitrogens is 3. The van der Waals surface area contributed by atoms with Gasteiger partial charge in [-0.1, -0.05) is 12.1 Å². The quantitative estimate of drug-likeness (QED) is 0.300. The Balaban J connectivity index is 1.48. The van der Waals surface area contributed by atoms with Crippen LogP contribution in [0, 0.1) is 21.7 Å². The number of nitrogens with one attached hydrogen (secondary N) is 1. The zero-order chi connectivity index (χ0) is 24.6. The summed E-state index contributed by atoms with van der Waals surface area (Å²) in [6, 6.07) is 7.21. The van der Waals surface area contributed by atoms with E-state index in [9.17, 15) is 32.1 Å². The van der Waals surface area contributed by atoms with Crippen molar-refractivity contribution < 1.29 is 31.1 Å². The number of fused-ring (bicyclic) bond motifs is 1. The molecule has 0 saturated carbocycles. The van der Waals surface area contributed by atoms with Crippen LogP contribution in [0.25, 0.3) is 0 Å².